The molecule has 0 spiro atoms. The van der Waals surface area contributed by atoms with Gasteiger partial charge in [-0.15, -0.1) is 0 Å². The second kappa shape index (κ2) is 3.38. The van der Waals surface area contributed by atoms with E-state index in [-0.39, 0.29) is 5.82 Å². The summed E-state index contributed by atoms with van der Waals surface area (Å²) in [6.07, 6.45) is 1.67. The molecule has 0 saturated carbocycles. The number of nitrogens with zero attached hydrogens (tertiary/aromatic N) is 1. The number of hydrogen-bond acceptors (Lipinski definition) is 1. The number of benzene rings is 1. The van der Waals surface area contributed by atoms with E-state index in [4.69, 9.17) is 5.73 Å². The molecule has 0 aliphatic rings. The van der Waals surface area contributed by atoms with Crippen LogP contribution in [0.1, 0.15) is 13.0 Å². The molecule has 1 heterocycles. The van der Waals surface area contributed by atoms with Crippen molar-refractivity contribution in [1.29, 1.82) is 0 Å². The van der Waals surface area contributed by atoms with Gasteiger partial charge in [0.2, 0.25) is 5.91 Å². The first-order valence-electron chi connectivity index (χ1n) is 4.65. The van der Waals surface area contributed by atoms with E-state index in [0.717, 1.165) is 0 Å². The third-order valence-corrected chi connectivity index (χ3v) is 2.54. The van der Waals surface area contributed by atoms with Gasteiger partial charge in [0.05, 0.1) is 5.52 Å². The Balaban J connectivity index is 2.64. The molecule has 0 radical (unpaired) electrons. The van der Waals surface area contributed by atoms with Gasteiger partial charge in [0.25, 0.3) is 0 Å². The van der Waals surface area contributed by atoms with Crippen LogP contribution in [0.2, 0.25) is 0 Å². The molecule has 2 N–H and O–H groups in total. The average molecular weight is 206 g/mol. The molecular weight excluding hydrogens is 195 g/mol. The normalized spacial score (nSPS) is 12.9. The fourth-order valence-corrected chi connectivity index (χ4v) is 1.63. The Morgan fingerprint density at radius 2 is 2.20 bits per heavy atom. The van der Waals surface area contributed by atoms with Crippen LogP contribution in [0.5, 0.6) is 0 Å². The summed E-state index contributed by atoms with van der Waals surface area (Å²) in [5.74, 6) is -0.723. The van der Waals surface area contributed by atoms with Gasteiger partial charge < -0.3 is 10.3 Å². The lowest BCUT2D eigenvalue weighted by molar-refractivity contribution is -0.120. The van der Waals surface area contributed by atoms with Gasteiger partial charge in [-0.2, -0.15) is 0 Å². The largest absolute Gasteiger partial charge is 0.368 e. The van der Waals surface area contributed by atoms with E-state index in [0.29, 0.717) is 10.9 Å². The van der Waals surface area contributed by atoms with Crippen molar-refractivity contribution in [3.05, 3.63) is 36.3 Å². The monoisotopic (exact) mass is 206 g/mol. The van der Waals surface area contributed by atoms with Gasteiger partial charge in [-0.05, 0) is 25.1 Å². The van der Waals surface area contributed by atoms with E-state index >= 15 is 0 Å². The Morgan fingerprint density at radius 3 is 2.87 bits per heavy atom. The lowest BCUT2D eigenvalue weighted by Gasteiger charge is -2.10. The standard InChI is InChI=1S/C11H11FN2O/c1-7(11(13)15)14-6-5-8-9(12)3-2-4-10(8)14/h2-7H,1H3,(H2,13,15). The molecule has 0 aliphatic carbocycles. The average Bonchev–Trinajstić information content (AvgIpc) is 2.61. The molecule has 0 fully saturated rings. The maximum atomic E-state index is 13.3. The SMILES string of the molecule is CC(C(N)=O)n1ccc2c(F)cccc21. The molecule has 4 heteroatoms. The van der Waals surface area contributed by atoms with Crippen LogP contribution < -0.4 is 5.73 Å². The van der Waals surface area contributed by atoms with E-state index < -0.39 is 11.9 Å². The first kappa shape index (κ1) is 9.71. The summed E-state index contributed by atoms with van der Waals surface area (Å²) in [6, 6.07) is 5.94. The maximum absolute atomic E-state index is 13.3. The number of amides is 1. The topological polar surface area (TPSA) is 48.0 Å². The van der Waals surface area contributed by atoms with Gasteiger partial charge in [0.15, 0.2) is 0 Å². The molecule has 78 valence electrons. The zero-order valence-electron chi connectivity index (χ0n) is 8.27. The Kier molecular flexibility index (Phi) is 2.19. The first-order chi connectivity index (χ1) is 7.11. The minimum Gasteiger partial charge on any atom is -0.368 e. The summed E-state index contributed by atoms with van der Waals surface area (Å²) in [5.41, 5.74) is 5.88. The molecule has 1 unspecified atom stereocenters. The van der Waals surface area contributed by atoms with Crippen molar-refractivity contribution in [2.45, 2.75) is 13.0 Å². The molecule has 2 aromatic rings. The van der Waals surface area contributed by atoms with Crippen LogP contribution >= 0.6 is 0 Å². The zero-order chi connectivity index (χ0) is 11.0. The smallest absolute Gasteiger partial charge is 0.240 e. The zero-order valence-corrected chi connectivity index (χ0v) is 8.27. The van der Waals surface area contributed by atoms with Crippen molar-refractivity contribution < 1.29 is 9.18 Å². The second-order valence-corrected chi connectivity index (χ2v) is 3.47. The third-order valence-electron chi connectivity index (χ3n) is 2.54. The minimum absolute atomic E-state index is 0.289. The van der Waals surface area contributed by atoms with Crippen LogP contribution in [0.4, 0.5) is 4.39 Å². The predicted molar refractivity (Wildman–Crippen MR) is 55.8 cm³/mol. The molecule has 1 amide bonds. The van der Waals surface area contributed by atoms with Crippen LogP contribution in [-0.4, -0.2) is 10.5 Å². The van der Waals surface area contributed by atoms with Gasteiger partial charge in [-0.3, -0.25) is 4.79 Å². The van der Waals surface area contributed by atoms with Crippen LogP contribution in [0.25, 0.3) is 10.9 Å². The molecule has 0 aliphatic heterocycles. The fourth-order valence-electron chi connectivity index (χ4n) is 1.63. The Morgan fingerprint density at radius 1 is 1.47 bits per heavy atom. The van der Waals surface area contributed by atoms with Gasteiger partial charge in [0, 0.05) is 11.6 Å². The highest BCUT2D eigenvalue weighted by molar-refractivity contribution is 5.85. The number of primary amides is 1. The Labute approximate surface area is 86.3 Å². The van der Waals surface area contributed by atoms with Crippen molar-refractivity contribution in [2.75, 3.05) is 0 Å². The molecule has 1 aromatic heterocycles. The van der Waals surface area contributed by atoms with Crippen LogP contribution in [0.3, 0.4) is 0 Å². The van der Waals surface area contributed by atoms with Crippen molar-refractivity contribution >= 4 is 16.8 Å². The number of aromatic nitrogens is 1. The second-order valence-electron chi connectivity index (χ2n) is 3.47. The highest BCUT2D eigenvalue weighted by Crippen LogP contribution is 2.22. The molecule has 15 heavy (non-hydrogen) atoms. The quantitative estimate of drug-likeness (QED) is 0.800. The predicted octanol–water partition coefficient (Wildman–Crippen LogP) is 1.83. The number of carbonyl (C=O) groups is 1. The van der Waals surface area contributed by atoms with E-state index in [1.54, 1.807) is 35.9 Å². The number of rotatable bonds is 2. The molecule has 0 bridgehead atoms. The van der Waals surface area contributed by atoms with Crippen molar-refractivity contribution in [1.82, 2.24) is 4.57 Å². The number of carbonyl (C=O) groups excluding carboxylic acids is 1. The summed E-state index contributed by atoms with van der Waals surface area (Å²) in [7, 11) is 0. The molecule has 0 saturated heterocycles. The molecule has 1 aromatic carbocycles. The fraction of sp³-hybridized carbons (Fsp3) is 0.182. The number of fused-ring (bicyclic) bond motifs is 1. The van der Waals surface area contributed by atoms with E-state index in [1.807, 2.05) is 0 Å². The number of hydrogen-bond donors (Lipinski definition) is 1. The van der Waals surface area contributed by atoms with Crippen LogP contribution in [0, 0.1) is 5.82 Å². The number of halogens is 1. The van der Waals surface area contributed by atoms with Crippen LogP contribution in [-0.2, 0) is 4.79 Å². The van der Waals surface area contributed by atoms with Crippen molar-refractivity contribution in [3.8, 4) is 0 Å². The lowest BCUT2D eigenvalue weighted by Crippen LogP contribution is -2.23. The number of nitrogens with two attached hydrogens (primary N) is 1. The van der Waals surface area contributed by atoms with Crippen LogP contribution in [0.15, 0.2) is 30.5 Å². The van der Waals surface area contributed by atoms with E-state index in [1.165, 1.54) is 6.07 Å². The van der Waals surface area contributed by atoms with Gasteiger partial charge in [0.1, 0.15) is 11.9 Å². The minimum atomic E-state index is -0.468. The van der Waals surface area contributed by atoms with Gasteiger partial charge in [-0.1, -0.05) is 6.07 Å². The van der Waals surface area contributed by atoms with Gasteiger partial charge >= 0.3 is 0 Å². The van der Waals surface area contributed by atoms with E-state index in [9.17, 15) is 9.18 Å². The maximum Gasteiger partial charge on any atom is 0.240 e. The summed E-state index contributed by atoms with van der Waals surface area (Å²) in [5, 5.41) is 0.505. The molecule has 1 atom stereocenters. The van der Waals surface area contributed by atoms with Crippen molar-refractivity contribution in [2.24, 2.45) is 5.73 Å². The highest BCUT2D eigenvalue weighted by atomic mass is 19.1. The lowest BCUT2D eigenvalue weighted by atomic mass is 10.2. The third kappa shape index (κ3) is 1.48. The first-order valence-corrected chi connectivity index (χ1v) is 4.65. The highest BCUT2D eigenvalue weighted by Gasteiger charge is 2.14. The Hall–Kier alpha value is -1.84. The molecule has 3 nitrogen and oxygen atoms in total. The summed E-state index contributed by atoms with van der Waals surface area (Å²) in [4.78, 5) is 11.0. The summed E-state index contributed by atoms with van der Waals surface area (Å²) < 4.78 is 15.0. The molecular formula is C11H11FN2O. The Bertz CT molecular complexity index is 518. The molecule has 2 rings (SSSR count). The van der Waals surface area contributed by atoms with Crippen molar-refractivity contribution in [3.63, 3.8) is 0 Å². The summed E-state index contributed by atoms with van der Waals surface area (Å²) >= 11 is 0. The van der Waals surface area contributed by atoms with Gasteiger partial charge in [-0.25, -0.2) is 4.39 Å². The van der Waals surface area contributed by atoms with E-state index in [2.05, 4.69) is 0 Å². The summed E-state index contributed by atoms with van der Waals surface area (Å²) in [6.45, 7) is 1.69.